The van der Waals surface area contributed by atoms with Gasteiger partial charge in [-0.2, -0.15) is 0 Å². The van der Waals surface area contributed by atoms with Gasteiger partial charge in [-0.25, -0.2) is 13.1 Å². The van der Waals surface area contributed by atoms with E-state index in [-0.39, 0.29) is 66.3 Å². The van der Waals surface area contributed by atoms with Crippen LogP contribution < -0.4 is 5.32 Å². The highest BCUT2D eigenvalue weighted by molar-refractivity contribution is 7.91. The fourth-order valence-corrected chi connectivity index (χ4v) is 7.73. The Morgan fingerprint density at radius 2 is 1.94 bits per heavy atom. The summed E-state index contributed by atoms with van der Waals surface area (Å²) in [6.45, 7) is 0.716. The molecular weight excluding hydrogens is 476 g/mol. The molecule has 1 N–H and O–H groups in total. The third-order valence-corrected chi connectivity index (χ3v) is 9.11. The van der Waals surface area contributed by atoms with Crippen molar-refractivity contribution in [1.82, 2.24) is 30.1 Å². The van der Waals surface area contributed by atoms with E-state index in [0.717, 1.165) is 0 Å². The van der Waals surface area contributed by atoms with Gasteiger partial charge in [0.25, 0.3) is 11.8 Å². The molecule has 2 aromatic rings. The maximum atomic E-state index is 13.0. The van der Waals surface area contributed by atoms with Crippen LogP contribution in [0.2, 0.25) is 0 Å². The number of fused-ring (bicyclic) bond motifs is 2. The molecule has 0 radical (unpaired) electrons. The molecule has 4 amide bonds. The minimum Gasteiger partial charge on any atom is -0.333 e. The van der Waals surface area contributed by atoms with Crippen molar-refractivity contribution < 1.29 is 27.6 Å². The Hall–Kier alpha value is -3.61. The Balaban J connectivity index is 1.21. The summed E-state index contributed by atoms with van der Waals surface area (Å²) in [6.07, 6.45) is 2.62. The molecule has 0 spiro atoms. The van der Waals surface area contributed by atoms with Crippen LogP contribution in [0.1, 0.15) is 45.7 Å². The number of amides is 4. The van der Waals surface area contributed by atoms with Crippen molar-refractivity contribution in [2.24, 2.45) is 5.92 Å². The van der Waals surface area contributed by atoms with Crippen LogP contribution in [0.5, 0.6) is 0 Å². The van der Waals surface area contributed by atoms with E-state index < -0.39 is 21.8 Å². The minimum atomic E-state index is -3.13. The summed E-state index contributed by atoms with van der Waals surface area (Å²) in [6, 6.07) is 4.08. The molecule has 1 unspecified atom stereocenters. The summed E-state index contributed by atoms with van der Waals surface area (Å²) < 4.78 is 25.4. The summed E-state index contributed by atoms with van der Waals surface area (Å²) in [7, 11) is -3.13. The Bertz CT molecular complexity index is 1400. The van der Waals surface area contributed by atoms with Crippen molar-refractivity contribution >= 4 is 33.5 Å². The molecule has 12 nitrogen and oxygen atoms in total. The van der Waals surface area contributed by atoms with Gasteiger partial charge in [0.2, 0.25) is 11.8 Å². The quantitative estimate of drug-likeness (QED) is 0.545. The largest absolute Gasteiger partial charge is 0.333 e. The number of benzene rings is 1. The number of aromatic nitrogens is 3. The van der Waals surface area contributed by atoms with Gasteiger partial charge in [-0.05, 0) is 42.5 Å². The van der Waals surface area contributed by atoms with E-state index in [1.165, 1.54) is 15.8 Å². The number of hydrogen-bond acceptors (Lipinski definition) is 8. The normalized spacial score (nSPS) is 27.2. The van der Waals surface area contributed by atoms with E-state index >= 15 is 0 Å². The first-order valence-electron chi connectivity index (χ1n) is 11.4. The number of hydrogen-bond donors (Lipinski definition) is 1. The topological polar surface area (TPSA) is 152 Å². The second-order valence-corrected chi connectivity index (χ2v) is 11.6. The Kier molecular flexibility index (Phi) is 4.82. The minimum absolute atomic E-state index is 0.0138. The second-order valence-electron chi connectivity index (χ2n) is 9.48. The summed E-state index contributed by atoms with van der Waals surface area (Å²) in [5.41, 5.74) is 1.90. The molecule has 4 aliphatic rings. The lowest BCUT2D eigenvalue weighted by molar-refractivity contribution is -0.136. The molecule has 3 fully saturated rings. The van der Waals surface area contributed by atoms with E-state index in [2.05, 4.69) is 15.6 Å². The van der Waals surface area contributed by atoms with E-state index in [4.69, 9.17) is 0 Å². The van der Waals surface area contributed by atoms with Crippen LogP contribution in [0.25, 0.3) is 5.69 Å². The first kappa shape index (κ1) is 21.9. The van der Waals surface area contributed by atoms with Gasteiger partial charge in [-0.15, -0.1) is 5.10 Å². The van der Waals surface area contributed by atoms with Crippen molar-refractivity contribution in [3.05, 3.63) is 41.2 Å². The average Bonchev–Trinajstić information content (AvgIpc) is 3.56. The first-order chi connectivity index (χ1) is 16.7. The number of nitrogens with one attached hydrogen (secondary N) is 1. The fourth-order valence-electron chi connectivity index (χ4n) is 5.58. The number of sulfone groups is 1. The molecule has 4 aliphatic heterocycles. The van der Waals surface area contributed by atoms with Gasteiger partial charge in [-0.1, -0.05) is 5.21 Å². The molecule has 35 heavy (non-hydrogen) atoms. The van der Waals surface area contributed by atoms with Crippen molar-refractivity contribution in [1.29, 1.82) is 0 Å². The summed E-state index contributed by atoms with van der Waals surface area (Å²) >= 11 is 0. The van der Waals surface area contributed by atoms with Crippen LogP contribution in [0.4, 0.5) is 0 Å². The molecule has 6 rings (SSSR count). The SMILES string of the molecule is O=C1CCC(N2Cc3cc(-n4cc(C(=O)N5CC[C@@H]6CS(=O)(=O)C[C@@H]65)nn4)ccc3C2=O)C(=O)N1. The third-order valence-electron chi connectivity index (χ3n) is 7.32. The zero-order valence-electron chi connectivity index (χ0n) is 18.6. The molecule has 1 aromatic carbocycles. The maximum absolute atomic E-state index is 13.0. The van der Waals surface area contributed by atoms with E-state index in [1.54, 1.807) is 23.1 Å². The smallest absolute Gasteiger partial charge is 0.276 e. The molecule has 182 valence electrons. The van der Waals surface area contributed by atoms with Crippen molar-refractivity contribution in [2.75, 3.05) is 18.1 Å². The predicted octanol–water partition coefficient (Wildman–Crippen LogP) is -0.713. The fraction of sp³-hybridized carbons (Fsp3) is 0.455. The molecule has 0 bridgehead atoms. The lowest BCUT2D eigenvalue weighted by Gasteiger charge is -2.29. The highest BCUT2D eigenvalue weighted by Gasteiger charge is 2.47. The second kappa shape index (κ2) is 7.70. The number of nitrogens with zero attached hydrogens (tertiary/aromatic N) is 5. The number of carbonyl (C=O) groups excluding carboxylic acids is 4. The molecule has 1 aromatic heterocycles. The van der Waals surface area contributed by atoms with E-state index in [1.807, 2.05) is 0 Å². The van der Waals surface area contributed by atoms with Gasteiger partial charge in [0, 0.05) is 31.1 Å². The molecular formula is C22H22N6O6S. The average molecular weight is 499 g/mol. The predicted molar refractivity (Wildman–Crippen MR) is 119 cm³/mol. The zero-order valence-corrected chi connectivity index (χ0v) is 19.4. The maximum Gasteiger partial charge on any atom is 0.276 e. The first-order valence-corrected chi connectivity index (χ1v) is 13.2. The van der Waals surface area contributed by atoms with E-state index in [0.29, 0.717) is 29.8 Å². The molecule has 3 atom stereocenters. The number of carbonyl (C=O) groups is 4. The van der Waals surface area contributed by atoms with Gasteiger partial charge in [0.15, 0.2) is 15.5 Å². The molecule has 0 saturated carbocycles. The molecule has 13 heteroatoms. The van der Waals surface area contributed by atoms with Crippen LogP contribution in [0.15, 0.2) is 24.4 Å². The van der Waals surface area contributed by atoms with Crippen LogP contribution in [0.3, 0.4) is 0 Å². The highest BCUT2D eigenvalue weighted by Crippen LogP contribution is 2.34. The van der Waals surface area contributed by atoms with Gasteiger partial charge in [0.1, 0.15) is 6.04 Å². The van der Waals surface area contributed by atoms with Crippen LogP contribution in [-0.4, -0.2) is 87.0 Å². The molecule has 3 saturated heterocycles. The number of imide groups is 1. The lowest BCUT2D eigenvalue weighted by atomic mass is 10.0. The molecule has 5 heterocycles. The van der Waals surface area contributed by atoms with Crippen molar-refractivity contribution in [2.45, 2.75) is 37.9 Å². The van der Waals surface area contributed by atoms with E-state index in [9.17, 15) is 27.6 Å². The number of piperidine rings is 1. The van der Waals surface area contributed by atoms with Crippen LogP contribution >= 0.6 is 0 Å². The van der Waals surface area contributed by atoms with Gasteiger partial charge < -0.3 is 9.80 Å². The van der Waals surface area contributed by atoms with Gasteiger partial charge >= 0.3 is 0 Å². The van der Waals surface area contributed by atoms with Crippen LogP contribution in [-0.2, 0) is 26.0 Å². The summed E-state index contributed by atoms with van der Waals surface area (Å²) in [5, 5.41) is 10.4. The number of likely N-dealkylation sites (tertiary alicyclic amines) is 1. The van der Waals surface area contributed by atoms with Crippen molar-refractivity contribution in [3.63, 3.8) is 0 Å². The number of rotatable bonds is 3. The zero-order chi connectivity index (χ0) is 24.5. The molecule has 0 aliphatic carbocycles. The summed E-state index contributed by atoms with van der Waals surface area (Å²) in [4.78, 5) is 52.7. The monoisotopic (exact) mass is 498 g/mol. The Morgan fingerprint density at radius 1 is 1.11 bits per heavy atom. The van der Waals surface area contributed by atoms with Crippen LogP contribution in [0, 0.1) is 5.92 Å². The standard InChI is InChI=1S/C22H22N6O6S/c29-19-4-3-17(20(30)23-19)27-8-13-7-14(1-2-15(13)21(27)31)28-9-16(24-25-28)22(32)26-6-5-12-10-35(33,34)11-18(12)26/h1-2,7,9,12,17-18H,3-6,8,10-11H2,(H,23,29,30)/t12-,17?,18+/m1/s1. The Morgan fingerprint density at radius 3 is 2.74 bits per heavy atom. The van der Waals surface area contributed by atoms with Crippen molar-refractivity contribution in [3.8, 4) is 5.69 Å². The Labute approximate surface area is 200 Å². The van der Waals surface area contributed by atoms with Gasteiger partial charge in [-0.3, -0.25) is 24.5 Å². The summed E-state index contributed by atoms with van der Waals surface area (Å²) in [5.74, 6) is -1.35. The highest BCUT2D eigenvalue weighted by atomic mass is 32.2. The third kappa shape index (κ3) is 3.61. The van der Waals surface area contributed by atoms with Gasteiger partial charge in [0.05, 0.1) is 23.4 Å². The lowest BCUT2D eigenvalue weighted by Crippen LogP contribution is -2.52.